The molecule has 1 aromatic carbocycles. The minimum atomic E-state index is 0.871. The number of hydrogen-bond donors (Lipinski definition) is 0. The lowest BCUT2D eigenvalue weighted by atomic mass is 10.2. The molecule has 0 aliphatic rings. The number of pyridine rings is 1. The first-order chi connectivity index (χ1) is 8.25. The second kappa shape index (κ2) is 4.27. The number of rotatable bonds is 1. The Balaban J connectivity index is 2.27. The Hall–Kier alpha value is -1.13. The van der Waals surface area contributed by atoms with Crippen molar-refractivity contribution >= 4 is 37.4 Å². The van der Waals surface area contributed by atoms with Crippen molar-refractivity contribution in [2.45, 2.75) is 0 Å². The average molecular weight is 352 g/mol. The lowest BCUT2D eigenvalue weighted by molar-refractivity contribution is 1.16. The molecular weight excluding hydrogens is 344 g/mol. The van der Waals surface area contributed by atoms with Gasteiger partial charge < -0.3 is 0 Å². The maximum absolute atomic E-state index is 4.55. The summed E-state index contributed by atoms with van der Waals surface area (Å²) in [4.78, 5) is 4.55. The third-order valence-electron chi connectivity index (χ3n) is 2.61. The van der Waals surface area contributed by atoms with E-state index in [-0.39, 0.29) is 0 Å². The number of benzene rings is 1. The third kappa shape index (κ3) is 1.91. The zero-order valence-corrected chi connectivity index (χ0v) is 11.9. The largest absolute Gasteiger partial charge is 0.299 e. The average Bonchev–Trinajstić information content (AvgIpc) is 2.69. The first-order valence-electron chi connectivity index (χ1n) is 5.14. The summed E-state index contributed by atoms with van der Waals surface area (Å²) in [6.07, 6.45) is 2.02. The molecule has 2 aromatic heterocycles. The highest BCUT2D eigenvalue weighted by atomic mass is 79.9. The fraction of sp³-hybridized carbons (Fsp3) is 0. The highest BCUT2D eigenvalue weighted by Gasteiger charge is 2.09. The predicted molar refractivity (Wildman–Crippen MR) is 76.0 cm³/mol. The molecule has 84 valence electrons. The fourth-order valence-corrected chi connectivity index (χ4v) is 2.56. The smallest absolute Gasteiger partial charge is 0.145 e. The molecule has 0 aliphatic heterocycles. The van der Waals surface area contributed by atoms with Gasteiger partial charge in [0.05, 0.1) is 5.52 Å². The Morgan fingerprint density at radius 2 is 1.71 bits per heavy atom. The predicted octanol–water partition coefficient (Wildman–Crippen LogP) is 4.53. The number of nitrogens with zero attached hydrogens (tertiary/aromatic N) is 2. The maximum Gasteiger partial charge on any atom is 0.145 e. The van der Waals surface area contributed by atoms with Gasteiger partial charge in [-0.25, -0.2) is 4.98 Å². The zero-order chi connectivity index (χ0) is 11.8. The van der Waals surface area contributed by atoms with E-state index >= 15 is 0 Å². The van der Waals surface area contributed by atoms with Gasteiger partial charge in [0, 0.05) is 16.2 Å². The minimum Gasteiger partial charge on any atom is -0.299 e. The highest BCUT2D eigenvalue weighted by Crippen LogP contribution is 2.26. The van der Waals surface area contributed by atoms with Gasteiger partial charge in [0.15, 0.2) is 0 Å². The number of halogens is 2. The molecule has 2 nitrogen and oxygen atoms in total. The van der Waals surface area contributed by atoms with Gasteiger partial charge in [-0.3, -0.25) is 4.40 Å². The Morgan fingerprint density at radius 3 is 2.47 bits per heavy atom. The fourth-order valence-electron chi connectivity index (χ4n) is 1.80. The number of imidazole rings is 1. The molecule has 2 heterocycles. The normalized spacial score (nSPS) is 10.9. The van der Waals surface area contributed by atoms with Crippen LogP contribution < -0.4 is 0 Å². The summed E-state index contributed by atoms with van der Waals surface area (Å²) < 4.78 is 4.02. The molecule has 0 aliphatic carbocycles. The third-order valence-corrected chi connectivity index (χ3v) is 3.72. The van der Waals surface area contributed by atoms with Gasteiger partial charge in [-0.1, -0.05) is 34.1 Å². The van der Waals surface area contributed by atoms with Crippen molar-refractivity contribution in [3.05, 3.63) is 57.7 Å². The molecule has 0 spiro atoms. The van der Waals surface area contributed by atoms with E-state index in [0.717, 1.165) is 26.0 Å². The molecule has 4 heteroatoms. The van der Waals surface area contributed by atoms with Crippen molar-refractivity contribution in [1.82, 2.24) is 9.38 Å². The Bertz CT molecular complexity index is 671. The van der Waals surface area contributed by atoms with Crippen molar-refractivity contribution < 1.29 is 0 Å². The van der Waals surface area contributed by atoms with Crippen molar-refractivity contribution in [3.8, 4) is 11.4 Å². The molecule has 0 unspecified atom stereocenters. The van der Waals surface area contributed by atoms with Crippen LogP contribution in [0.3, 0.4) is 0 Å². The Kier molecular flexibility index (Phi) is 2.76. The van der Waals surface area contributed by atoms with Crippen LogP contribution in [0.2, 0.25) is 0 Å². The first-order valence-corrected chi connectivity index (χ1v) is 6.73. The van der Waals surface area contributed by atoms with E-state index in [1.807, 2.05) is 36.5 Å². The molecule has 0 saturated carbocycles. The molecular formula is C13H8Br2N2. The van der Waals surface area contributed by atoms with Gasteiger partial charge in [0.2, 0.25) is 0 Å². The second-order valence-corrected chi connectivity index (χ2v) is 5.36. The molecule has 0 amide bonds. The quantitative estimate of drug-likeness (QED) is 0.629. The van der Waals surface area contributed by atoms with Crippen molar-refractivity contribution in [2.75, 3.05) is 0 Å². The minimum absolute atomic E-state index is 0.871. The summed E-state index contributed by atoms with van der Waals surface area (Å²) >= 11 is 6.92. The van der Waals surface area contributed by atoms with Crippen molar-refractivity contribution in [2.24, 2.45) is 0 Å². The molecule has 3 rings (SSSR count). The van der Waals surface area contributed by atoms with Gasteiger partial charge in [-0.2, -0.15) is 0 Å². The number of hydrogen-bond acceptors (Lipinski definition) is 1. The van der Waals surface area contributed by atoms with Crippen molar-refractivity contribution in [1.29, 1.82) is 0 Å². The van der Waals surface area contributed by atoms with Crippen LogP contribution in [0.25, 0.3) is 16.9 Å². The lowest BCUT2D eigenvalue weighted by Gasteiger charge is -2.00. The van der Waals surface area contributed by atoms with Crippen molar-refractivity contribution in [3.63, 3.8) is 0 Å². The Labute approximate surface area is 116 Å². The van der Waals surface area contributed by atoms with E-state index in [2.05, 4.69) is 53.4 Å². The summed E-state index contributed by atoms with van der Waals surface area (Å²) in [6.45, 7) is 0. The van der Waals surface area contributed by atoms with Gasteiger partial charge in [-0.05, 0) is 40.2 Å². The maximum atomic E-state index is 4.55. The molecule has 0 radical (unpaired) electrons. The number of fused-ring (bicyclic) bond motifs is 1. The summed E-state index contributed by atoms with van der Waals surface area (Å²) in [5.74, 6) is 0.944. The van der Waals surface area contributed by atoms with Gasteiger partial charge >= 0.3 is 0 Å². The van der Waals surface area contributed by atoms with E-state index in [4.69, 9.17) is 0 Å². The van der Waals surface area contributed by atoms with Gasteiger partial charge in [0.1, 0.15) is 10.4 Å². The standard InChI is InChI=1S/C13H8Br2N2/c14-10-6-4-9(5-7-10)13-16-12(15)11-3-1-2-8-17(11)13/h1-8H. The molecule has 3 aromatic rings. The van der Waals surface area contributed by atoms with Crippen LogP contribution >= 0.6 is 31.9 Å². The molecule has 0 atom stereocenters. The number of aromatic nitrogens is 2. The van der Waals surface area contributed by atoms with Crippen LogP contribution in [-0.2, 0) is 0 Å². The molecule has 0 N–H and O–H groups in total. The van der Waals surface area contributed by atoms with Crippen LogP contribution in [0, 0.1) is 0 Å². The molecule has 0 bridgehead atoms. The van der Waals surface area contributed by atoms with Crippen LogP contribution in [0.5, 0.6) is 0 Å². The van der Waals surface area contributed by atoms with E-state index < -0.39 is 0 Å². The van der Waals surface area contributed by atoms with Crippen LogP contribution in [0.1, 0.15) is 0 Å². The lowest BCUT2D eigenvalue weighted by Crippen LogP contribution is -1.87. The van der Waals surface area contributed by atoms with Gasteiger partial charge in [-0.15, -0.1) is 0 Å². The first kappa shape index (κ1) is 11.0. The van der Waals surface area contributed by atoms with Crippen LogP contribution in [0.4, 0.5) is 0 Å². The van der Waals surface area contributed by atoms with E-state index in [1.165, 1.54) is 0 Å². The van der Waals surface area contributed by atoms with Crippen LogP contribution in [0.15, 0.2) is 57.7 Å². The van der Waals surface area contributed by atoms with Crippen LogP contribution in [-0.4, -0.2) is 9.38 Å². The molecule has 17 heavy (non-hydrogen) atoms. The van der Waals surface area contributed by atoms with E-state index in [0.29, 0.717) is 0 Å². The second-order valence-electron chi connectivity index (χ2n) is 3.69. The zero-order valence-electron chi connectivity index (χ0n) is 8.77. The SMILES string of the molecule is Brc1ccc(-c2nc(Br)c3ccccn23)cc1. The highest BCUT2D eigenvalue weighted by molar-refractivity contribution is 9.10. The van der Waals surface area contributed by atoms with E-state index in [1.54, 1.807) is 0 Å². The topological polar surface area (TPSA) is 17.3 Å². The molecule has 0 saturated heterocycles. The summed E-state index contributed by atoms with van der Waals surface area (Å²) in [6, 6.07) is 14.2. The Morgan fingerprint density at radius 1 is 0.941 bits per heavy atom. The summed E-state index contributed by atoms with van der Waals surface area (Å²) in [5, 5.41) is 0. The summed E-state index contributed by atoms with van der Waals surface area (Å²) in [7, 11) is 0. The summed E-state index contributed by atoms with van der Waals surface area (Å²) in [5.41, 5.74) is 2.17. The monoisotopic (exact) mass is 350 g/mol. The van der Waals surface area contributed by atoms with Gasteiger partial charge in [0.25, 0.3) is 0 Å². The van der Waals surface area contributed by atoms with E-state index in [9.17, 15) is 0 Å². The molecule has 0 fully saturated rings.